The van der Waals surface area contributed by atoms with E-state index in [0.29, 0.717) is 22.7 Å². The number of hydrogen-bond donors (Lipinski definition) is 1. The summed E-state index contributed by atoms with van der Waals surface area (Å²) in [6.07, 6.45) is 1.86. The van der Waals surface area contributed by atoms with Crippen molar-refractivity contribution in [2.24, 2.45) is 5.92 Å². The van der Waals surface area contributed by atoms with Gasteiger partial charge in [-0.05, 0) is 57.4 Å². The predicted molar refractivity (Wildman–Crippen MR) is 89.1 cm³/mol. The van der Waals surface area contributed by atoms with Crippen molar-refractivity contribution in [2.75, 3.05) is 13.1 Å². The summed E-state index contributed by atoms with van der Waals surface area (Å²) in [6, 6.07) is 7.43. The van der Waals surface area contributed by atoms with Crippen LogP contribution in [0.4, 0.5) is 0 Å². The van der Waals surface area contributed by atoms with Crippen LogP contribution in [-0.4, -0.2) is 39.4 Å². The molecule has 0 aliphatic carbocycles. The second-order valence-electron chi connectivity index (χ2n) is 6.27. The highest BCUT2D eigenvalue weighted by molar-refractivity contribution is 6.30. The van der Waals surface area contributed by atoms with Gasteiger partial charge < -0.3 is 9.52 Å². The summed E-state index contributed by atoms with van der Waals surface area (Å²) in [5.41, 5.74) is 0.823. The number of nitrogens with zero attached hydrogens (tertiary/aromatic N) is 3. The molecule has 124 valence electrons. The Kier molecular flexibility index (Phi) is 4.99. The first-order valence-corrected chi connectivity index (χ1v) is 8.44. The van der Waals surface area contributed by atoms with Gasteiger partial charge in [0.25, 0.3) is 0 Å². The van der Waals surface area contributed by atoms with Gasteiger partial charge in [-0.1, -0.05) is 17.7 Å². The maximum atomic E-state index is 9.84. The first-order chi connectivity index (χ1) is 11.0. The lowest BCUT2D eigenvalue weighted by molar-refractivity contribution is 0.0417. The van der Waals surface area contributed by atoms with Gasteiger partial charge >= 0.3 is 0 Å². The van der Waals surface area contributed by atoms with Crippen LogP contribution in [0.3, 0.4) is 0 Å². The molecule has 1 aromatic carbocycles. The van der Waals surface area contributed by atoms with Crippen molar-refractivity contribution in [2.45, 2.75) is 38.8 Å². The van der Waals surface area contributed by atoms with E-state index in [1.165, 1.54) is 0 Å². The number of piperidine rings is 1. The van der Waals surface area contributed by atoms with Gasteiger partial charge in [0.05, 0.1) is 12.1 Å². The molecular weight excluding hydrogens is 314 g/mol. The number of aliphatic hydroxyl groups excluding tert-OH is 1. The molecule has 1 aromatic heterocycles. The molecule has 3 unspecified atom stereocenters. The SMILES string of the molecule is CC(O)C1CCCN(C(C)c2nnc(-c3cccc(Cl)c3)o2)C1. The fourth-order valence-corrected chi connectivity index (χ4v) is 3.27. The molecule has 5 nitrogen and oxygen atoms in total. The summed E-state index contributed by atoms with van der Waals surface area (Å²) in [5.74, 6) is 1.39. The highest BCUT2D eigenvalue weighted by atomic mass is 35.5. The van der Waals surface area contributed by atoms with E-state index in [1.807, 2.05) is 31.2 Å². The van der Waals surface area contributed by atoms with E-state index in [4.69, 9.17) is 16.0 Å². The molecule has 3 atom stereocenters. The standard InChI is InChI=1S/C17H22ClN3O2/c1-11(21-8-4-6-14(10-21)12(2)22)16-19-20-17(23-16)13-5-3-7-15(18)9-13/h3,5,7,9,11-12,14,22H,4,6,8,10H2,1-2H3. The zero-order valence-corrected chi connectivity index (χ0v) is 14.2. The van der Waals surface area contributed by atoms with E-state index >= 15 is 0 Å². The van der Waals surface area contributed by atoms with Crippen LogP contribution in [-0.2, 0) is 0 Å². The number of aliphatic hydroxyl groups is 1. The Labute approximate surface area is 141 Å². The van der Waals surface area contributed by atoms with Gasteiger partial charge in [-0.25, -0.2) is 0 Å². The van der Waals surface area contributed by atoms with Gasteiger partial charge in [0.1, 0.15) is 0 Å². The van der Waals surface area contributed by atoms with Crippen LogP contribution in [0.15, 0.2) is 28.7 Å². The Bertz CT molecular complexity index is 659. The molecule has 23 heavy (non-hydrogen) atoms. The topological polar surface area (TPSA) is 62.4 Å². The van der Waals surface area contributed by atoms with Crippen molar-refractivity contribution in [3.05, 3.63) is 35.2 Å². The van der Waals surface area contributed by atoms with Crippen LogP contribution in [0.5, 0.6) is 0 Å². The van der Waals surface area contributed by atoms with Crippen LogP contribution < -0.4 is 0 Å². The second kappa shape index (κ2) is 6.99. The van der Waals surface area contributed by atoms with Crippen LogP contribution in [0.25, 0.3) is 11.5 Å². The minimum atomic E-state index is -0.283. The maximum Gasteiger partial charge on any atom is 0.247 e. The molecule has 2 heterocycles. The molecule has 1 N–H and O–H groups in total. The van der Waals surface area contributed by atoms with E-state index in [-0.39, 0.29) is 12.1 Å². The molecule has 3 rings (SSSR count). The first-order valence-electron chi connectivity index (χ1n) is 8.06. The Morgan fingerprint density at radius 3 is 2.91 bits per heavy atom. The van der Waals surface area contributed by atoms with Gasteiger partial charge in [-0.2, -0.15) is 0 Å². The van der Waals surface area contributed by atoms with Crippen LogP contribution in [0.1, 0.15) is 38.6 Å². The largest absolute Gasteiger partial charge is 0.419 e. The van der Waals surface area contributed by atoms with E-state index in [1.54, 1.807) is 0 Å². The lowest BCUT2D eigenvalue weighted by Crippen LogP contribution is -2.40. The smallest absolute Gasteiger partial charge is 0.247 e. The zero-order valence-electron chi connectivity index (χ0n) is 13.4. The Morgan fingerprint density at radius 1 is 1.35 bits per heavy atom. The molecule has 1 fully saturated rings. The molecule has 0 saturated carbocycles. The van der Waals surface area contributed by atoms with Crippen molar-refractivity contribution >= 4 is 11.6 Å². The maximum absolute atomic E-state index is 9.84. The summed E-state index contributed by atoms with van der Waals surface area (Å²) in [7, 11) is 0. The van der Waals surface area contributed by atoms with E-state index in [2.05, 4.69) is 22.0 Å². The lowest BCUT2D eigenvalue weighted by atomic mass is 9.92. The Balaban J connectivity index is 1.74. The molecule has 2 aromatic rings. The Hall–Kier alpha value is -1.43. The third kappa shape index (κ3) is 3.74. The number of aromatic nitrogens is 2. The molecule has 1 aliphatic rings. The van der Waals surface area contributed by atoms with Crippen molar-refractivity contribution < 1.29 is 9.52 Å². The second-order valence-corrected chi connectivity index (χ2v) is 6.71. The van der Waals surface area contributed by atoms with Crippen molar-refractivity contribution in [3.63, 3.8) is 0 Å². The first kappa shape index (κ1) is 16.4. The van der Waals surface area contributed by atoms with E-state index < -0.39 is 0 Å². The number of likely N-dealkylation sites (tertiary alicyclic amines) is 1. The average Bonchev–Trinajstić information content (AvgIpc) is 3.04. The van der Waals surface area contributed by atoms with Crippen LogP contribution in [0.2, 0.25) is 5.02 Å². The predicted octanol–water partition coefficient (Wildman–Crippen LogP) is 3.54. The van der Waals surface area contributed by atoms with E-state index in [9.17, 15) is 5.11 Å². The van der Waals surface area contributed by atoms with E-state index in [0.717, 1.165) is 31.5 Å². The van der Waals surface area contributed by atoms with Gasteiger partial charge in [0.15, 0.2) is 0 Å². The van der Waals surface area contributed by atoms with Crippen molar-refractivity contribution in [3.8, 4) is 11.5 Å². The lowest BCUT2D eigenvalue weighted by Gasteiger charge is -2.36. The monoisotopic (exact) mass is 335 g/mol. The molecule has 0 radical (unpaired) electrons. The normalized spacial score (nSPS) is 22.0. The quantitative estimate of drug-likeness (QED) is 0.925. The number of rotatable bonds is 4. The summed E-state index contributed by atoms with van der Waals surface area (Å²) in [4.78, 5) is 2.30. The van der Waals surface area contributed by atoms with Crippen LogP contribution in [0, 0.1) is 5.92 Å². The summed E-state index contributed by atoms with van der Waals surface area (Å²) in [6.45, 7) is 5.77. The third-order valence-electron chi connectivity index (χ3n) is 4.59. The fourth-order valence-electron chi connectivity index (χ4n) is 3.08. The minimum Gasteiger partial charge on any atom is -0.419 e. The highest BCUT2D eigenvalue weighted by Crippen LogP contribution is 2.29. The van der Waals surface area contributed by atoms with Gasteiger partial charge in [-0.3, -0.25) is 4.90 Å². The molecule has 1 aliphatic heterocycles. The Morgan fingerprint density at radius 2 is 2.17 bits per heavy atom. The van der Waals surface area contributed by atoms with Gasteiger partial charge in [0.2, 0.25) is 11.8 Å². The summed E-state index contributed by atoms with van der Waals surface area (Å²) in [5, 5.41) is 18.8. The highest BCUT2D eigenvalue weighted by Gasteiger charge is 2.29. The summed E-state index contributed by atoms with van der Waals surface area (Å²) < 4.78 is 5.85. The van der Waals surface area contributed by atoms with Crippen LogP contribution >= 0.6 is 11.6 Å². The molecule has 1 saturated heterocycles. The molecule has 6 heteroatoms. The average molecular weight is 336 g/mol. The van der Waals surface area contributed by atoms with Crippen molar-refractivity contribution in [1.82, 2.24) is 15.1 Å². The molecular formula is C17H22ClN3O2. The zero-order chi connectivity index (χ0) is 16.4. The van der Waals surface area contributed by atoms with Crippen molar-refractivity contribution in [1.29, 1.82) is 0 Å². The summed E-state index contributed by atoms with van der Waals surface area (Å²) >= 11 is 6.01. The number of benzene rings is 1. The third-order valence-corrected chi connectivity index (χ3v) is 4.82. The molecule has 0 spiro atoms. The number of halogens is 1. The minimum absolute atomic E-state index is 0.0389. The van der Waals surface area contributed by atoms with Gasteiger partial charge in [0, 0.05) is 17.1 Å². The van der Waals surface area contributed by atoms with Gasteiger partial charge in [-0.15, -0.1) is 10.2 Å². The number of hydrogen-bond acceptors (Lipinski definition) is 5. The molecule has 0 amide bonds. The fraction of sp³-hybridized carbons (Fsp3) is 0.529. The molecule has 0 bridgehead atoms.